The van der Waals surface area contributed by atoms with Crippen molar-refractivity contribution in [2.45, 2.75) is 224 Å². The maximum Gasteiger partial charge on any atom is 0.0372 e. The fraction of sp³-hybridized carbons (Fsp3) is 0.525. The lowest BCUT2D eigenvalue weighted by Crippen LogP contribution is -1.72. The van der Waals surface area contributed by atoms with Gasteiger partial charge in [0.05, 0.1) is 0 Å². The molecule has 5 heterocycles. The molecule has 6 rings (SSSR count). The quantitative estimate of drug-likeness (QED) is 0.152. The van der Waals surface area contributed by atoms with Crippen LogP contribution in [0.1, 0.15) is 211 Å². The van der Waals surface area contributed by atoms with E-state index in [0.717, 1.165) is 5.69 Å². The van der Waals surface area contributed by atoms with Crippen molar-refractivity contribution in [2.24, 2.45) is 0 Å². The van der Waals surface area contributed by atoms with Gasteiger partial charge in [-0.1, -0.05) is 216 Å². The zero-order valence-corrected chi connectivity index (χ0v) is 47.9. The van der Waals surface area contributed by atoms with Gasteiger partial charge in [0.25, 0.3) is 0 Å². The molecule has 1 aromatic carbocycles. The standard InChI is InChI=1S/C7H8.3C6H7N.2C6H8S.10C2H6.4CH4/c1-7-5-3-2-4-6-7;1-6-2-4-7-5-3-6;1-6-3-2-4-7-5-6;1-6-4-2-3-5-7-6;2*1-5-3-4-7-6(5)2;10*1-2;;;;/h2-6H,1H3;3*2-5H,1H3;2*3-4H,1-2H3;10*1-2H3;4*1H4. The van der Waals surface area contributed by atoms with Crippen LogP contribution in [0.3, 0.4) is 0 Å². The van der Waals surface area contributed by atoms with E-state index in [4.69, 9.17) is 0 Å². The van der Waals surface area contributed by atoms with E-state index >= 15 is 0 Å². The fourth-order valence-corrected chi connectivity index (χ4v) is 4.21. The van der Waals surface area contributed by atoms with Gasteiger partial charge in [-0.05, 0) is 131 Å². The summed E-state index contributed by atoms with van der Waals surface area (Å²) >= 11 is 3.61. The van der Waals surface area contributed by atoms with Crippen molar-refractivity contribution in [3.8, 4) is 0 Å². The SMILES string of the molecule is C.C.C.C.CC.CC.CC.CC.CC.CC.CC.CC.CC.CC.Cc1ccccc1.Cc1ccccn1.Cc1cccnc1.Cc1ccncc1.Cc1ccsc1C.Cc1ccsc1C. The van der Waals surface area contributed by atoms with Gasteiger partial charge in [0, 0.05) is 46.4 Å². The predicted octanol–water partition coefficient (Wildman–Crippen LogP) is 23.7. The van der Waals surface area contributed by atoms with Gasteiger partial charge < -0.3 is 0 Å². The van der Waals surface area contributed by atoms with Gasteiger partial charge in [0.15, 0.2) is 0 Å². The molecule has 0 aliphatic carbocycles. The molecule has 0 atom stereocenters. The average molecular weight is 961 g/mol. The number of aryl methyl sites for hydroxylation is 8. The molecule has 5 heteroatoms. The maximum absolute atomic E-state index is 3.98. The Morgan fingerprint density at radius 2 is 0.636 bits per heavy atom. The van der Waals surface area contributed by atoms with Gasteiger partial charge in [-0.25, -0.2) is 0 Å². The second-order valence-electron chi connectivity index (χ2n) is 9.50. The number of thiophene rings is 2. The molecule has 0 fully saturated rings. The van der Waals surface area contributed by atoms with Crippen molar-refractivity contribution >= 4 is 22.7 Å². The number of pyridine rings is 3. The predicted molar refractivity (Wildman–Crippen MR) is 326 cm³/mol. The van der Waals surface area contributed by atoms with Crippen molar-refractivity contribution in [3.63, 3.8) is 0 Å². The summed E-state index contributed by atoms with van der Waals surface area (Å²) in [4.78, 5) is 14.6. The Hall–Kier alpha value is -3.93. The molecule has 0 spiro atoms. The molecule has 0 aliphatic heterocycles. The van der Waals surface area contributed by atoms with E-state index in [1.807, 2.05) is 226 Å². The third-order valence-electron chi connectivity index (χ3n) is 5.65. The first kappa shape index (κ1) is 100. The highest BCUT2D eigenvalue weighted by Gasteiger charge is 1.87. The van der Waals surface area contributed by atoms with Gasteiger partial charge in [-0.15, -0.1) is 22.7 Å². The summed E-state index contributed by atoms with van der Waals surface area (Å²) in [6.45, 7) is 56.7. The highest BCUT2D eigenvalue weighted by atomic mass is 32.1. The zero-order chi connectivity index (χ0) is 51.0. The normalized spacial score (nSPS) is 6.61. The first-order valence-corrected chi connectivity index (χ1v) is 25.6. The minimum atomic E-state index is 0. The van der Waals surface area contributed by atoms with Crippen LogP contribution in [0.15, 0.2) is 127 Å². The van der Waals surface area contributed by atoms with Crippen LogP contribution in [0, 0.1) is 55.4 Å². The van der Waals surface area contributed by atoms with Crippen LogP contribution in [0.5, 0.6) is 0 Å². The Labute approximate surface area is 428 Å². The molecule has 0 bridgehead atoms. The molecule has 0 amide bonds. The van der Waals surface area contributed by atoms with Crippen molar-refractivity contribution in [3.05, 3.63) is 170 Å². The monoisotopic (exact) mass is 960 g/mol. The molecular formula is C61H121N3S2. The number of hydrogen-bond donors (Lipinski definition) is 0. The molecule has 3 nitrogen and oxygen atoms in total. The lowest BCUT2D eigenvalue weighted by molar-refractivity contribution is 1.20. The number of aromatic nitrogens is 3. The average Bonchev–Trinajstić information content (AvgIpc) is 3.95. The van der Waals surface area contributed by atoms with Crippen molar-refractivity contribution < 1.29 is 0 Å². The number of benzene rings is 1. The van der Waals surface area contributed by atoms with Crippen molar-refractivity contribution in [2.75, 3.05) is 0 Å². The summed E-state index contributed by atoms with van der Waals surface area (Å²) in [5.41, 5.74) is 7.68. The van der Waals surface area contributed by atoms with E-state index < -0.39 is 0 Å². The van der Waals surface area contributed by atoms with Crippen LogP contribution in [0.25, 0.3) is 0 Å². The molecule has 66 heavy (non-hydrogen) atoms. The second kappa shape index (κ2) is 104. The third-order valence-corrected chi connectivity index (χ3v) is 7.54. The maximum atomic E-state index is 3.98. The molecule has 392 valence electrons. The number of nitrogens with zero attached hydrogens (tertiary/aromatic N) is 3. The molecule has 0 N–H and O–H groups in total. The largest absolute Gasteiger partial charge is 0.265 e. The van der Waals surface area contributed by atoms with Crippen LogP contribution < -0.4 is 0 Å². The molecule has 0 saturated carbocycles. The molecule has 0 unspecified atom stereocenters. The van der Waals surface area contributed by atoms with Crippen molar-refractivity contribution in [1.29, 1.82) is 0 Å². The minimum absolute atomic E-state index is 0. The van der Waals surface area contributed by atoms with E-state index in [1.165, 1.54) is 37.6 Å². The van der Waals surface area contributed by atoms with E-state index in [1.54, 1.807) is 47.5 Å². The first-order valence-electron chi connectivity index (χ1n) is 23.8. The van der Waals surface area contributed by atoms with Gasteiger partial charge in [0.2, 0.25) is 0 Å². The number of hydrogen-bond acceptors (Lipinski definition) is 5. The lowest BCUT2D eigenvalue weighted by atomic mass is 10.2. The topological polar surface area (TPSA) is 38.7 Å². The van der Waals surface area contributed by atoms with Crippen LogP contribution >= 0.6 is 22.7 Å². The van der Waals surface area contributed by atoms with Gasteiger partial charge in [-0.3, -0.25) is 15.0 Å². The Morgan fingerprint density at radius 1 is 0.303 bits per heavy atom. The summed E-state index contributed by atoms with van der Waals surface area (Å²) in [6.07, 6.45) is 8.97. The first-order chi connectivity index (χ1) is 30.2. The summed E-state index contributed by atoms with van der Waals surface area (Å²) in [6, 6.07) is 28.3. The second-order valence-corrected chi connectivity index (χ2v) is 11.7. The number of rotatable bonds is 0. The van der Waals surface area contributed by atoms with Gasteiger partial charge >= 0.3 is 0 Å². The third kappa shape index (κ3) is 90.7. The van der Waals surface area contributed by atoms with Gasteiger partial charge in [0.1, 0.15) is 0 Å². The highest BCUT2D eigenvalue weighted by Crippen LogP contribution is 2.12. The van der Waals surface area contributed by atoms with Crippen molar-refractivity contribution in [1.82, 2.24) is 15.0 Å². The zero-order valence-electron chi connectivity index (χ0n) is 46.3. The summed E-state index contributed by atoms with van der Waals surface area (Å²) < 4.78 is 0. The van der Waals surface area contributed by atoms with E-state index in [-0.39, 0.29) is 29.7 Å². The molecular weight excluding hydrogens is 839 g/mol. The summed E-state index contributed by atoms with van der Waals surface area (Å²) in [5, 5.41) is 4.23. The molecule has 0 radical (unpaired) electrons. The Balaban J connectivity index is -0.0000000376. The smallest absolute Gasteiger partial charge is 0.0372 e. The molecule has 0 aliphatic rings. The Morgan fingerprint density at radius 3 is 0.773 bits per heavy atom. The Kier molecular flexibility index (Phi) is 158. The lowest BCUT2D eigenvalue weighted by Gasteiger charge is -1.82. The summed E-state index contributed by atoms with van der Waals surface area (Å²) in [5.74, 6) is 0. The van der Waals surface area contributed by atoms with Crippen LogP contribution in [0.2, 0.25) is 0 Å². The summed E-state index contributed by atoms with van der Waals surface area (Å²) in [7, 11) is 0. The van der Waals surface area contributed by atoms with Crippen LogP contribution in [-0.2, 0) is 0 Å². The minimum Gasteiger partial charge on any atom is -0.265 e. The van der Waals surface area contributed by atoms with Crippen LogP contribution in [0.4, 0.5) is 0 Å². The fourth-order valence-electron chi connectivity index (χ4n) is 2.75. The van der Waals surface area contributed by atoms with E-state index in [2.05, 4.69) is 84.6 Å². The van der Waals surface area contributed by atoms with Gasteiger partial charge in [-0.2, -0.15) is 0 Å². The Bertz CT molecular complexity index is 1210. The van der Waals surface area contributed by atoms with E-state index in [9.17, 15) is 0 Å². The van der Waals surface area contributed by atoms with Crippen LogP contribution in [-0.4, -0.2) is 15.0 Å². The highest BCUT2D eigenvalue weighted by molar-refractivity contribution is 7.10. The molecule has 6 aromatic rings. The van der Waals surface area contributed by atoms with E-state index in [0.29, 0.717) is 0 Å². The molecule has 5 aromatic heterocycles. The molecule has 0 saturated heterocycles.